The van der Waals surface area contributed by atoms with Gasteiger partial charge in [0, 0.05) is 11.0 Å². The molecular weight excluding hydrogens is 431 g/mol. The molecular formula is C22H19ClF3N3O2. The van der Waals surface area contributed by atoms with E-state index in [9.17, 15) is 13.2 Å². The van der Waals surface area contributed by atoms with E-state index in [-0.39, 0.29) is 21.8 Å². The lowest BCUT2D eigenvalue weighted by molar-refractivity contribution is -0.274. The van der Waals surface area contributed by atoms with Crippen LogP contribution in [-0.4, -0.2) is 21.3 Å². The van der Waals surface area contributed by atoms with Crippen LogP contribution in [0.2, 0.25) is 5.02 Å². The molecule has 1 N–H and O–H groups in total. The summed E-state index contributed by atoms with van der Waals surface area (Å²) in [6.07, 6.45) is -4.81. The van der Waals surface area contributed by atoms with Crippen LogP contribution in [0.3, 0.4) is 0 Å². The maximum Gasteiger partial charge on any atom is 0.573 e. The Morgan fingerprint density at radius 2 is 1.77 bits per heavy atom. The van der Waals surface area contributed by atoms with Gasteiger partial charge in [-0.1, -0.05) is 50.6 Å². The minimum Gasteiger partial charge on any atom is -0.445 e. The maximum atomic E-state index is 12.8. The molecule has 0 unspecified atom stereocenters. The lowest BCUT2D eigenvalue weighted by atomic mass is 9.97. The smallest absolute Gasteiger partial charge is 0.445 e. The third-order valence-electron chi connectivity index (χ3n) is 4.63. The SMILES string of the molecule is Cc1oc(C(C)(C)C)nc1-c1nc2c(Cl)cc(-c3ccccc3OC(F)(F)F)cc2[nH]1. The Kier molecular flexibility index (Phi) is 5.00. The van der Waals surface area contributed by atoms with Crippen LogP contribution in [0.15, 0.2) is 40.8 Å². The van der Waals surface area contributed by atoms with E-state index < -0.39 is 6.36 Å². The zero-order chi connectivity index (χ0) is 22.6. The Morgan fingerprint density at radius 1 is 1.06 bits per heavy atom. The van der Waals surface area contributed by atoms with Gasteiger partial charge in [-0.2, -0.15) is 0 Å². The van der Waals surface area contributed by atoms with Gasteiger partial charge in [-0.05, 0) is 30.7 Å². The van der Waals surface area contributed by atoms with Gasteiger partial charge in [-0.3, -0.25) is 0 Å². The molecule has 0 bridgehead atoms. The van der Waals surface area contributed by atoms with Crippen molar-refractivity contribution in [2.75, 3.05) is 0 Å². The Labute approximate surface area is 181 Å². The Bertz CT molecular complexity index is 1270. The number of hydrogen-bond donors (Lipinski definition) is 1. The molecule has 2 aromatic heterocycles. The number of ether oxygens (including phenoxy) is 1. The van der Waals surface area contributed by atoms with E-state index in [2.05, 4.69) is 19.7 Å². The van der Waals surface area contributed by atoms with Crippen molar-refractivity contribution < 1.29 is 22.3 Å². The molecule has 162 valence electrons. The van der Waals surface area contributed by atoms with Crippen molar-refractivity contribution in [2.24, 2.45) is 0 Å². The second kappa shape index (κ2) is 7.30. The minimum absolute atomic E-state index is 0.257. The van der Waals surface area contributed by atoms with Crippen LogP contribution < -0.4 is 4.74 Å². The number of rotatable bonds is 3. The number of halogens is 4. The molecule has 0 fully saturated rings. The van der Waals surface area contributed by atoms with Gasteiger partial charge in [0.1, 0.15) is 22.7 Å². The molecule has 5 nitrogen and oxygen atoms in total. The highest BCUT2D eigenvalue weighted by Gasteiger charge is 2.32. The van der Waals surface area contributed by atoms with E-state index in [0.717, 1.165) is 0 Å². The van der Waals surface area contributed by atoms with Crippen molar-refractivity contribution in [1.82, 2.24) is 15.0 Å². The van der Waals surface area contributed by atoms with Crippen molar-refractivity contribution in [3.63, 3.8) is 0 Å². The maximum absolute atomic E-state index is 12.8. The fourth-order valence-electron chi connectivity index (χ4n) is 3.20. The normalized spacial score (nSPS) is 12.5. The van der Waals surface area contributed by atoms with Crippen LogP contribution >= 0.6 is 11.6 Å². The molecule has 0 spiro atoms. The lowest BCUT2D eigenvalue weighted by Crippen LogP contribution is -2.17. The number of imidazole rings is 1. The first-order chi connectivity index (χ1) is 14.4. The molecule has 31 heavy (non-hydrogen) atoms. The van der Waals surface area contributed by atoms with E-state index in [1.165, 1.54) is 18.2 Å². The van der Waals surface area contributed by atoms with Crippen LogP contribution in [0.25, 0.3) is 33.7 Å². The number of alkyl halides is 3. The van der Waals surface area contributed by atoms with Gasteiger partial charge in [0.15, 0.2) is 11.7 Å². The summed E-state index contributed by atoms with van der Waals surface area (Å²) in [6, 6.07) is 9.13. The minimum atomic E-state index is -4.81. The fraction of sp³-hybridized carbons (Fsp3) is 0.273. The summed E-state index contributed by atoms with van der Waals surface area (Å²) >= 11 is 6.43. The van der Waals surface area contributed by atoms with Gasteiger partial charge < -0.3 is 14.1 Å². The molecule has 2 heterocycles. The Hall–Kier alpha value is -3.00. The largest absolute Gasteiger partial charge is 0.573 e. The molecule has 0 atom stereocenters. The van der Waals surface area contributed by atoms with E-state index in [1.807, 2.05) is 20.8 Å². The summed E-state index contributed by atoms with van der Waals surface area (Å²) in [7, 11) is 0. The van der Waals surface area contributed by atoms with Gasteiger partial charge in [0.25, 0.3) is 0 Å². The molecule has 9 heteroatoms. The summed E-state index contributed by atoms with van der Waals surface area (Å²) in [5, 5.41) is 0.286. The quantitative estimate of drug-likeness (QED) is 0.364. The first-order valence-electron chi connectivity index (χ1n) is 9.45. The molecule has 0 aliphatic carbocycles. The molecule has 0 saturated carbocycles. The fourth-order valence-corrected chi connectivity index (χ4v) is 3.46. The summed E-state index contributed by atoms with van der Waals surface area (Å²) in [5.74, 6) is 1.33. The van der Waals surface area contributed by atoms with Crippen LogP contribution in [-0.2, 0) is 5.41 Å². The van der Waals surface area contributed by atoms with Gasteiger partial charge in [-0.25, -0.2) is 9.97 Å². The van der Waals surface area contributed by atoms with E-state index in [4.69, 9.17) is 16.0 Å². The summed E-state index contributed by atoms with van der Waals surface area (Å²) in [6.45, 7) is 7.77. The Morgan fingerprint density at radius 3 is 2.42 bits per heavy atom. The van der Waals surface area contributed by atoms with Crippen molar-refractivity contribution in [2.45, 2.75) is 39.5 Å². The van der Waals surface area contributed by atoms with Crippen molar-refractivity contribution in [1.29, 1.82) is 0 Å². The molecule has 2 aromatic carbocycles. The van der Waals surface area contributed by atoms with Gasteiger partial charge in [0.05, 0.1) is 10.5 Å². The average molecular weight is 450 g/mol. The molecule has 0 amide bonds. The highest BCUT2D eigenvalue weighted by molar-refractivity contribution is 6.35. The van der Waals surface area contributed by atoms with Gasteiger partial charge in [0.2, 0.25) is 0 Å². The van der Waals surface area contributed by atoms with Crippen molar-refractivity contribution >= 4 is 22.6 Å². The molecule has 4 aromatic rings. The summed E-state index contributed by atoms with van der Waals surface area (Å²) in [5.41, 5.74) is 2.03. The number of aryl methyl sites for hydroxylation is 1. The van der Waals surface area contributed by atoms with Crippen molar-refractivity contribution in [3.8, 4) is 28.4 Å². The highest BCUT2D eigenvalue weighted by atomic mass is 35.5. The lowest BCUT2D eigenvalue weighted by Gasteiger charge is -2.13. The number of aromatic amines is 1. The number of nitrogens with one attached hydrogen (secondary N) is 1. The van der Waals surface area contributed by atoms with Gasteiger partial charge in [-0.15, -0.1) is 13.2 Å². The van der Waals surface area contributed by atoms with Crippen LogP contribution in [0.5, 0.6) is 5.75 Å². The molecule has 0 radical (unpaired) electrons. The summed E-state index contributed by atoms with van der Waals surface area (Å²) in [4.78, 5) is 12.3. The second-order valence-corrected chi connectivity index (χ2v) is 8.56. The van der Waals surface area contributed by atoms with E-state index >= 15 is 0 Å². The third kappa shape index (κ3) is 4.25. The number of nitrogens with zero attached hydrogens (tertiary/aromatic N) is 2. The third-order valence-corrected chi connectivity index (χ3v) is 4.91. The molecule has 4 rings (SSSR count). The molecule has 0 saturated heterocycles. The average Bonchev–Trinajstić information content (AvgIpc) is 3.24. The highest BCUT2D eigenvalue weighted by Crippen LogP contribution is 2.38. The number of H-pyrrole nitrogens is 1. The molecule has 0 aliphatic rings. The van der Waals surface area contributed by atoms with Crippen molar-refractivity contribution in [3.05, 3.63) is 53.1 Å². The number of para-hydroxylation sites is 1. The second-order valence-electron chi connectivity index (χ2n) is 8.16. The standard InChI is InChI=1S/C22H19ClF3N3O2/c1-11-17(29-20(30-11)21(2,3)4)19-27-15-10-12(9-14(23)18(15)28-19)13-7-5-6-8-16(13)31-22(24,25)26/h5-10H,1-4H3,(H,27,28). The van der Waals surface area contributed by atoms with E-state index in [0.29, 0.717) is 39.8 Å². The monoisotopic (exact) mass is 449 g/mol. The number of oxazole rings is 1. The first-order valence-corrected chi connectivity index (χ1v) is 9.83. The van der Waals surface area contributed by atoms with E-state index in [1.54, 1.807) is 25.1 Å². The zero-order valence-electron chi connectivity index (χ0n) is 17.2. The number of hydrogen-bond acceptors (Lipinski definition) is 4. The number of aromatic nitrogens is 3. The van der Waals surface area contributed by atoms with Crippen LogP contribution in [0.4, 0.5) is 13.2 Å². The topological polar surface area (TPSA) is 63.9 Å². The number of fused-ring (bicyclic) bond motifs is 1. The predicted molar refractivity (Wildman–Crippen MR) is 112 cm³/mol. The van der Waals surface area contributed by atoms with Crippen LogP contribution in [0.1, 0.15) is 32.4 Å². The molecule has 0 aliphatic heterocycles. The first kappa shape index (κ1) is 21.2. The predicted octanol–water partition coefficient (Wildman–Crippen LogP) is 7.04. The number of benzene rings is 2. The zero-order valence-corrected chi connectivity index (χ0v) is 17.9. The van der Waals surface area contributed by atoms with Gasteiger partial charge >= 0.3 is 6.36 Å². The summed E-state index contributed by atoms with van der Waals surface area (Å²) < 4.78 is 48.4. The van der Waals surface area contributed by atoms with Crippen LogP contribution in [0, 0.1) is 6.92 Å². The Balaban J connectivity index is 1.81.